The molecule has 0 aromatic carbocycles. The summed E-state index contributed by atoms with van der Waals surface area (Å²) in [5, 5.41) is 3.42. The average molecular weight is 283 g/mol. The van der Waals surface area contributed by atoms with Crippen molar-refractivity contribution in [1.82, 2.24) is 9.88 Å². The van der Waals surface area contributed by atoms with Crippen LogP contribution >= 0.6 is 15.9 Å². The van der Waals surface area contributed by atoms with E-state index in [4.69, 9.17) is 4.42 Å². The monoisotopic (exact) mass is 282 g/mol. The maximum absolute atomic E-state index is 5.41. The Bertz CT molecular complexity index is 461. The van der Waals surface area contributed by atoms with Gasteiger partial charge < -0.3 is 14.3 Å². The molecule has 0 spiro atoms. The first-order valence-electron chi connectivity index (χ1n) is 5.24. The van der Waals surface area contributed by atoms with Crippen LogP contribution in [0.15, 0.2) is 39.7 Å². The average Bonchev–Trinajstić information content (AvgIpc) is 2.84. The van der Waals surface area contributed by atoms with Gasteiger partial charge in [-0.1, -0.05) is 0 Å². The van der Waals surface area contributed by atoms with Crippen LogP contribution in [-0.2, 0) is 13.6 Å². The standard InChI is InChI=1S/C12H15BrN2O/c1-9(12-11(13)4-6-16-12)14-7-10-3-5-15(2)8-10/h3-6,8-9,14H,7H2,1-2H3. The van der Waals surface area contributed by atoms with Crippen LogP contribution in [0.4, 0.5) is 0 Å². The highest BCUT2D eigenvalue weighted by atomic mass is 79.9. The number of rotatable bonds is 4. The van der Waals surface area contributed by atoms with Gasteiger partial charge in [-0.2, -0.15) is 0 Å². The van der Waals surface area contributed by atoms with Crippen LogP contribution in [0.3, 0.4) is 0 Å². The number of hydrogen-bond acceptors (Lipinski definition) is 2. The van der Waals surface area contributed by atoms with Crippen molar-refractivity contribution < 1.29 is 4.42 Å². The Morgan fingerprint density at radius 3 is 2.88 bits per heavy atom. The van der Waals surface area contributed by atoms with Crippen molar-refractivity contribution in [3.05, 3.63) is 46.6 Å². The zero-order chi connectivity index (χ0) is 11.5. The smallest absolute Gasteiger partial charge is 0.134 e. The quantitative estimate of drug-likeness (QED) is 0.933. The van der Waals surface area contributed by atoms with E-state index in [9.17, 15) is 0 Å². The Balaban J connectivity index is 1.93. The van der Waals surface area contributed by atoms with Gasteiger partial charge in [0, 0.05) is 26.0 Å². The van der Waals surface area contributed by atoms with Crippen LogP contribution in [0, 0.1) is 0 Å². The molecule has 1 N–H and O–H groups in total. The first-order valence-corrected chi connectivity index (χ1v) is 6.03. The van der Waals surface area contributed by atoms with E-state index in [1.807, 2.05) is 23.9 Å². The summed E-state index contributed by atoms with van der Waals surface area (Å²) >= 11 is 3.46. The van der Waals surface area contributed by atoms with Crippen LogP contribution in [0.25, 0.3) is 0 Å². The van der Waals surface area contributed by atoms with Crippen LogP contribution in [0.5, 0.6) is 0 Å². The van der Waals surface area contributed by atoms with Crippen molar-refractivity contribution in [2.75, 3.05) is 0 Å². The Morgan fingerprint density at radius 1 is 1.50 bits per heavy atom. The largest absolute Gasteiger partial charge is 0.466 e. The predicted molar refractivity (Wildman–Crippen MR) is 67.1 cm³/mol. The van der Waals surface area contributed by atoms with Gasteiger partial charge in [-0.3, -0.25) is 0 Å². The van der Waals surface area contributed by atoms with E-state index < -0.39 is 0 Å². The van der Waals surface area contributed by atoms with E-state index in [0.29, 0.717) is 0 Å². The van der Waals surface area contributed by atoms with Crippen molar-refractivity contribution in [2.45, 2.75) is 19.5 Å². The lowest BCUT2D eigenvalue weighted by Crippen LogP contribution is -2.17. The fourth-order valence-electron chi connectivity index (χ4n) is 1.64. The number of nitrogens with one attached hydrogen (secondary N) is 1. The Morgan fingerprint density at radius 2 is 2.31 bits per heavy atom. The third-order valence-corrected chi connectivity index (χ3v) is 3.20. The van der Waals surface area contributed by atoms with Crippen molar-refractivity contribution in [3.63, 3.8) is 0 Å². The molecule has 3 nitrogen and oxygen atoms in total. The highest BCUT2D eigenvalue weighted by molar-refractivity contribution is 9.10. The Hall–Kier alpha value is -1.00. The van der Waals surface area contributed by atoms with Crippen LogP contribution in [0.1, 0.15) is 24.3 Å². The van der Waals surface area contributed by atoms with Crippen LogP contribution in [-0.4, -0.2) is 4.57 Å². The Kier molecular flexibility index (Phi) is 3.51. The van der Waals surface area contributed by atoms with Gasteiger partial charge in [-0.25, -0.2) is 0 Å². The summed E-state index contributed by atoms with van der Waals surface area (Å²) in [6.07, 6.45) is 5.85. The second kappa shape index (κ2) is 4.89. The maximum Gasteiger partial charge on any atom is 0.134 e. The molecule has 0 fully saturated rings. The summed E-state index contributed by atoms with van der Waals surface area (Å²) in [7, 11) is 2.02. The molecule has 0 radical (unpaired) electrons. The number of aryl methyl sites for hydroxylation is 1. The molecular weight excluding hydrogens is 268 g/mol. The molecule has 0 saturated carbocycles. The van der Waals surface area contributed by atoms with E-state index in [-0.39, 0.29) is 6.04 Å². The van der Waals surface area contributed by atoms with E-state index in [1.165, 1.54) is 5.56 Å². The molecule has 16 heavy (non-hydrogen) atoms. The van der Waals surface area contributed by atoms with Gasteiger partial charge in [0.2, 0.25) is 0 Å². The van der Waals surface area contributed by atoms with Gasteiger partial charge in [-0.15, -0.1) is 0 Å². The predicted octanol–water partition coefficient (Wildman–Crippen LogP) is 3.23. The minimum atomic E-state index is 0.199. The normalized spacial score (nSPS) is 12.9. The summed E-state index contributed by atoms with van der Waals surface area (Å²) < 4.78 is 8.47. The minimum Gasteiger partial charge on any atom is -0.466 e. The molecule has 0 aliphatic carbocycles. The molecule has 0 aliphatic heterocycles. The highest BCUT2D eigenvalue weighted by Crippen LogP contribution is 2.24. The highest BCUT2D eigenvalue weighted by Gasteiger charge is 2.12. The second-order valence-electron chi connectivity index (χ2n) is 3.92. The van der Waals surface area contributed by atoms with Gasteiger partial charge in [0.05, 0.1) is 16.8 Å². The van der Waals surface area contributed by atoms with Crippen molar-refractivity contribution in [2.24, 2.45) is 7.05 Å². The fourth-order valence-corrected chi connectivity index (χ4v) is 2.19. The summed E-state index contributed by atoms with van der Waals surface area (Å²) in [4.78, 5) is 0. The number of hydrogen-bond donors (Lipinski definition) is 1. The van der Waals surface area contributed by atoms with Gasteiger partial charge in [0.15, 0.2) is 0 Å². The van der Waals surface area contributed by atoms with Crippen molar-refractivity contribution >= 4 is 15.9 Å². The number of aromatic nitrogens is 1. The molecule has 4 heteroatoms. The third-order valence-electron chi connectivity index (χ3n) is 2.54. The molecule has 0 bridgehead atoms. The minimum absolute atomic E-state index is 0.199. The first kappa shape index (κ1) is 11.5. The van der Waals surface area contributed by atoms with E-state index in [0.717, 1.165) is 16.8 Å². The molecule has 2 rings (SSSR count). The maximum atomic E-state index is 5.41. The molecule has 0 saturated heterocycles. The van der Waals surface area contributed by atoms with Crippen molar-refractivity contribution in [1.29, 1.82) is 0 Å². The Labute approximate surface area is 104 Å². The lowest BCUT2D eigenvalue weighted by molar-refractivity contribution is 0.428. The third kappa shape index (κ3) is 2.57. The topological polar surface area (TPSA) is 30.1 Å². The number of furan rings is 1. The number of halogens is 1. The van der Waals surface area contributed by atoms with Gasteiger partial charge >= 0.3 is 0 Å². The molecule has 1 atom stereocenters. The molecule has 86 valence electrons. The van der Waals surface area contributed by atoms with Crippen LogP contribution < -0.4 is 5.32 Å². The van der Waals surface area contributed by atoms with E-state index in [2.05, 4.69) is 40.4 Å². The molecule has 1 unspecified atom stereocenters. The fraction of sp³-hybridized carbons (Fsp3) is 0.333. The van der Waals surface area contributed by atoms with Gasteiger partial charge in [0.25, 0.3) is 0 Å². The molecular formula is C12H15BrN2O. The molecule has 2 heterocycles. The zero-order valence-electron chi connectivity index (χ0n) is 9.40. The molecule has 2 aromatic rings. The van der Waals surface area contributed by atoms with E-state index >= 15 is 0 Å². The summed E-state index contributed by atoms with van der Waals surface area (Å²) in [6.45, 7) is 2.93. The second-order valence-corrected chi connectivity index (χ2v) is 4.77. The lowest BCUT2D eigenvalue weighted by Gasteiger charge is -2.11. The molecule has 0 amide bonds. The zero-order valence-corrected chi connectivity index (χ0v) is 11.0. The summed E-state index contributed by atoms with van der Waals surface area (Å²) in [5.41, 5.74) is 1.28. The SMILES string of the molecule is CC(NCc1ccn(C)c1)c1occc1Br. The van der Waals surface area contributed by atoms with Gasteiger partial charge in [-0.05, 0) is 40.5 Å². The molecule has 0 aliphatic rings. The first-order chi connectivity index (χ1) is 7.66. The van der Waals surface area contributed by atoms with E-state index in [1.54, 1.807) is 6.26 Å². The van der Waals surface area contributed by atoms with Crippen molar-refractivity contribution in [3.8, 4) is 0 Å². The van der Waals surface area contributed by atoms with Gasteiger partial charge in [0.1, 0.15) is 5.76 Å². The summed E-state index contributed by atoms with van der Waals surface area (Å²) in [6, 6.07) is 4.22. The van der Waals surface area contributed by atoms with Crippen LogP contribution in [0.2, 0.25) is 0 Å². The number of nitrogens with zero attached hydrogens (tertiary/aromatic N) is 1. The molecule has 2 aromatic heterocycles. The summed E-state index contributed by atoms with van der Waals surface area (Å²) in [5.74, 6) is 0.941. The lowest BCUT2D eigenvalue weighted by atomic mass is 10.2.